The molecule has 0 amide bonds. The number of fused-ring (bicyclic) bond motifs is 8. The molecule has 0 bridgehead atoms. The normalized spacial score (nSPS) is 12.0. The van der Waals surface area contributed by atoms with E-state index in [4.69, 9.17) is 10.4 Å². The maximum atomic E-state index is 8.94. The van der Waals surface area contributed by atoms with E-state index in [9.17, 15) is 0 Å². The lowest BCUT2D eigenvalue weighted by Crippen LogP contribution is -2.25. The summed E-state index contributed by atoms with van der Waals surface area (Å²) < 4.78 is 4.49. The highest BCUT2D eigenvalue weighted by Crippen LogP contribution is 2.37. The molecule has 0 unspecified atom stereocenters. The Morgan fingerprint density at radius 3 is 1.74 bits per heavy atom. The van der Waals surface area contributed by atoms with Gasteiger partial charge in [0, 0.05) is 38.4 Å². The largest absolute Gasteiger partial charge is 0.309 e. The Morgan fingerprint density at radius 2 is 1.04 bits per heavy atom. The Balaban J connectivity index is 1.13. The standard InChI is InChI=1S/C48H33N5/c49-47(34-14-3-1-4-15-34)50-48(35-16-5-2-6-17-35)51-53-44-30-26-33-13-7-8-18-38(33)46(44)41-29-25-36(31-45(41)53)32-23-27-37(28-24-32)52-42-21-11-9-19-39(42)40-20-10-12-22-43(40)52/h1-31H,(H2,49,50,51). The van der Waals surface area contributed by atoms with Crippen LogP contribution in [0.3, 0.4) is 0 Å². The number of rotatable bonds is 5. The van der Waals surface area contributed by atoms with Gasteiger partial charge < -0.3 is 4.57 Å². The van der Waals surface area contributed by atoms with Gasteiger partial charge in [-0.05, 0) is 58.3 Å². The fourth-order valence-electron chi connectivity index (χ4n) is 7.72. The number of para-hydroxylation sites is 2. The molecule has 10 aromatic rings. The lowest BCUT2D eigenvalue weighted by atomic mass is 10.0. The maximum absolute atomic E-state index is 8.94. The van der Waals surface area contributed by atoms with Crippen molar-refractivity contribution in [3.63, 3.8) is 0 Å². The van der Waals surface area contributed by atoms with Gasteiger partial charge in [-0.25, -0.2) is 4.99 Å². The first kappa shape index (κ1) is 30.6. The van der Waals surface area contributed by atoms with E-state index >= 15 is 0 Å². The van der Waals surface area contributed by atoms with Gasteiger partial charge in [0.2, 0.25) is 0 Å². The molecular weight excluding hydrogens is 647 g/mol. The van der Waals surface area contributed by atoms with Crippen LogP contribution in [0.5, 0.6) is 0 Å². The van der Waals surface area contributed by atoms with Gasteiger partial charge in [-0.1, -0.05) is 152 Å². The van der Waals surface area contributed by atoms with Crippen molar-refractivity contribution in [2.75, 3.05) is 5.43 Å². The highest BCUT2D eigenvalue weighted by Gasteiger charge is 2.18. The molecule has 0 spiro atoms. The van der Waals surface area contributed by atoms with Crippen LogP contribution in [-0.2, 0) is 0 Å². The second-order valence-electron chi connectivity index (χ2n) is 13.3. The molecule has 0 fully saturated rings. The molecule has 0 aliphatic carbocycles. The SMILES string of the molecule is N=C(N=C(Nn1c2cc(-c3ccc(-n4c5ccccc5c5ccccc54)cc3)ccc2c2c3ccccc3ccc21)c1ccccc1)c1ccccc1. The Morgan fingerprint density at radius 1 is 0.453 bits per heavy atom. The minimum Gasteiger partial charge on any atom is -0.309 e. The maximum Gasteiger partial charge on any atom is 0.154 e. The van der Waals surface area contributed by atoms with Gasteiger partial charge >= 0.3 is 0 Å². The van der Waals surface area contributed by atoms with Gasteiger partial charge in [0.1, 0.15) is 0 Å². The van der Waals surface area contributed by atoms with E-state index in [-0.39, 0.29) is 5.84 Å². The topological polar surface area (TPSA) is 58.1 Å². The number of benzene rings is 8. The van der Waals surface area contributed by atoms with Crippen LogP contribution >= 0.6 is 0 Å². The summed E-state index contributed by atoms with van der Waals surface area (Å²) in [5.41, 5.74) is 13.1. The third-order valence-electron chi connectivity index (χ3n) is 10.2. The first-order valence-electron chi connectivity index (χ1n) is 17.8. The number of aliphatic imine (C=N–C) groups is 1. The summed E-state index contributed by atoms with van der Waals surface area (Å²) in [6.45, 7) is 0. The molecular formula is C48H33N5. The van der Waals surface area contributed by atoms with E-state index in [1.54, 1.807) is 0 Å². The molecule has 0 aliphatic rings. The molecule has 8 aromatic carbocycles. The van der Waals surface area contributed by atoms with E-state index in [0.29, 0.717) is 5.84 Å². The van der Waals surface area contributed by atoms with Gasteiger partial charge in [-0.15, -0.1) is 0 Å². The molecule has 2 aromatic heterocycles. The first-order valence-corrected chi connectivity index (χ1v) is 17.8. The van der Waals surface area contributed by atoms with Crippen LogP contribution < -0.4 is 5.43 Å². The zero-order valence-corrected chi connectivity index (χ0v) is 28.7. The van der Waals surface area contributed by atoms with Crippen LogP contribution in [0.1, 0.15) is 11.1 Å². The molecule has 5 heteroatoms. The number of aromatic nitrogens is 2. The average Bonchev–Trinajstić information content (AvgIpc) is 3.73. The Labute approximate surface area is 306 Å². The molecule has 250 valence electrons. The zero-order chi connectivity index (χ0) is 35.3. The van der Waals surface area contributed by atoms with Gasteiger partial charge in [-0.3, -0.25) is 15.5 Å². The van der Waals surface area contributed by atoms with Crippen molar-refractivity contribution in [1.29, 1.82) is 5.41 Å². The van der Waals surface area contributed by atoms with Crippen LogP contribution in [0.2, 0.25) is 0 Å². The van der Waals surface area contributed by atoms with E-state index < -0.39 is 0 Å². The predicted molar refractivity (Wildman–Crippen MR) is 222 cm³/mol. The molecule has 10 rings (SSSR count). The quantitative estimate of drug-likeness (QED) is 0.138. The zero-order valence-electron chi connectivity index (χ0n) is 28.7. The summed E-state index contributed by atoms with van der Waals surface area (Å²) in [6, 6.07) is 65.4. The summed E-state index contributed by atoms with van der Waals surface area (Å²) in [5, 5.41) is 16.1. The summed E-state index contributed by atoms with van der Waals surface area (Å²) >= 11 is 0. The summed E-state index contributed by atoms with van der Waals surface area (Å²) in [7, 11) is 0. The van der Waals surface area contributed by atoms with Gasteiger partial charge in [-0.2, -0.15) is 0 Å². The van der Waals surface area contributed by atoms with Crippen LogP contribution in [0.15, 0.2) is 193 Å². The molecule has 0 saturated carbocycles. The summed E-state index contributed by atoms with van der Waals surface area (Å²) in [4.78, 5) is 4.89. The number of amidine groups is 2. The number of hydrogen-bond acceptors (Lipinski definition) is 1. The molecule has 5 nitrogen and oxygen atoms in total. The third-order valence-corrected chi connectivity index (χ3v) is 10.2. The minimum atomic E-state index is 0.187. The molecule has 2 N–H and O–H groups in total. The van der Waals surface area contributed by atoms with Crippen LogP contribution in [-0.4, -0.2) is 20.9 Å². The lowest BCUT2D eigenvalue weighted by molar-refractivity contribution is 1.08. The molecule has 2 heterocycles. The highest BCUT2D eigenvalue weighted by atomic mass is 15.4. The fourth-order valence-corrected chi connectivity index (χ4v) is 7.72. The summed E-state index contributed by atoms with van der Waals surface area (Å²) in [6.07, 6.45) is 0. The van der Waals surface area contributed by atoms with Crippen molar-refractivity contribution in [2.45, 2.75) is 0 Å². The second kappa shape index (κ2) is 12.5. The van der Waals surface area contributed by atoms with E-state index in [1.165, 1.54) is 38.0 Å². The van der Waals surface area contributed by atoms with E-state index in [2.05, 4.69) is 142 Å². The van der Waals surface area contributed by atoms with Crippen molar-refractivity contribution >= 4 is 66.1 Å². The van der Waals surface area contributed by atoms with Crippen LogP contribution in [0, 0.1) is 5.41 Å². The number of hydrogen-bond donors (Lipinski definition) is 2. The third kappa shape index (κ3) is 5.17. The van der Waals surface area contributed by atoms with Crippen molar-refractivity contribution in [1.82, 2.24) is 9.24 Å². The van der Waals surface area contributed by atoms with Crippen molar-refractivity contribution in [2.24, 2.45) is 4.99 Å². The fraction of sp³-hybridized carbons (Fsp3) is 0. The minimum absolute atomic E-state index is 0.187. The van der Waals surface area contributed by atoms with E-state index in [0.717, 1.165) is 44.4 Å². The van der Waals surface area contributed by atoms with Crippen LogP contribution in [0.25, 0.3) is 71.2 Å². The predicted octanol–water partition coefficient (Wildman–Crippen LogP) is 11.7. The number of nitrogens with one attached hydrogen (secondary N) is 2. The molecule has 0 saturated heterocycles. The Bertz CT molecular complexity index is 2970. The average molecular weight is 680 g/mol. The monoisotopic (exact) mass is 679 g/mol. The molecule has 53 heavy (non-hydrogen) atoms. The summed E-state index contributed by atoms with van der Waals surface area (Å²) in [5.74, 6) is 0.777. The smallest absolute Gasteiger partial charge is 0.154 e. The van der Waals surface area contributed by atoms with Gasteiger partial charge in [0.25, 0.3) is 0 Å². The van der Waals surface area contributed by atoms with Gasteiger partial charge in [0.15, 0.2) is 11.7 Å². The highest BCUT2D eigenvalue weighted by molar-refractivity contribution is 6.22. The van der Waals surface area contributed by atoms with Crippen molar-refractivity contribution < 1.29 is 0 Å². The van der Waals surface area contributed by atoms with Crippen molar-refractivity contribution in [3.05, 3.63) is 199 Å². The van der Waals surface area contributed by atoms with Crippen LogP contribution in [0.4, 0.5) is 0 Å². The first-order chi connectivity index (χ1) is 26.2. The Kier molecular flexibility index (Phi) is 7.22. The molecule has 0 aliphatic heterocycles. The van der Waals surface area contributed by atoms with E-state index in [1.807, 2.05) is 60.7 Å². The molecule has 0 atom stereocenters. The van der Waals surface area contributed by atoms with Gasteiger partial charge in [0.05, 0.1) is 22.1 Å². The second-order valence-corrected chi connectivity index (χ2v) is 13.3. The van der Waals surface area contributed by atoms with Crippen molar-refractivity contribution in [3.8, 4) is 16.8 Å². The lowest BCUT2D eigenvalue weighted by Gasteiger charge is -2.15. The molecule has 0 radical (unpaired) electrons. The Hall–Kier alpha value is -7.24. The number of nitrogens with zero attached hydrogens (tertiary/aromatic N) is 3.